The van der Waals surface area contributed by atoms with Gasteiger partial charge in [0.2, 0.25) is 0 Å². The van der Waals surface area contributed by atoms with Crippen molar-refractivity contribution >= 4 is 110 Å². The molecule has 346 valence electrons. The molecule has 70 heavy (non-hydrogen) atoms. The summed E-state index contributed by atoms with van der Waals surface area (Å²) in [4.78, 5) is 5.04. The number of rotatable bonds is 8. The molecule has 0 spiro atoms. The Morgan fingerprint density at radius 2 is 0.671 bits per heavy atom. The van der Waals surface area contributed by atoms with Crippen LogP contribution in [0.25, 0.3) is 76.2 Å². The van der Waals surface area contributed by atoms with Crippen LogP contribution in [0.3, 0.4) is 0 Å². The molecule has 0 aliphatic heterocycles. The van der Waals surface area contributed by atoms with Gasteiger partial charge in [0.15, 0.2) is 11.2 Å². The van der Waals surface area contributed by atoms with Crippen LogP contribution in [0.1, 0.15) is 95.2 Å². The highest BCUT2D eigenvalue weighted by Gasteiger charge is 2.30. The third-order valence-corrected chi connectivity index (χ3v) is 15.1. The molecular weight excluding hydrogens is 853 g/mol. The number of anilines is 6. The van der Waals surface area contributed by atoms with E-state index in [9.17, 15) is 0 Å². The monoisotopic (exact) mass is 912 g/mol. The molecule has 0 aliphatic carbocycles. The van der Waals surface area contributed by atoms with Gasteiger partial charge in [-0.25, -0.2) is 0 Å². The zero-order valence-corrected chi connectivity index (χ0v) is 42.6. The van der Waals surface area contributed by atoms with Gasteiger partial charge in [-0.1, -0.05) is 125 Å². The molecule has 2 heterocycles. The molecule has 0 radical (unpaired) electrons. The van der Waals surface area contributed by atoms with Gasteiger partial charge in [0, 0.05) is 43.7 Å². The van der Waals surface area contributed by atoms with Crippen molar-refractivity contribution in [2.75, 3.05) is 9.80 Å². The van der Waals surface area contributed by atoms with Gasteiger partial charge >= 0.3 is 0 Å². The maximum Gasteiger partial charge on any atom is 0.159 e. The van der Waals surface area contributed by atoms with E-state index in [2.05, 4.69) is 226 Å². The second kappa shape index (κ2) is 16.0. The summed E-state index contributed by atoms with van der Waals surface area (Å²) in [6, 6.07) is 50.5. The van der Waals surface area contributed by atoms with Crippen molar-refractivity contribution in [2.45, 2.75) is 94.9 Å². The molecular formula is C66H60N2O2. The average Bonchev–Trinajstić information content (AvgIpc) is 3.89. The van der Waals surface area contributed by atoms with E-state index in [-0.39, 0.29) is 11.8 Å². The number of fused-ring (bicyclic) bond motifs is 6. The van der Waals surface area contributed by atoms with Crippen molar-refractivity contribution in [3.8, 4) is 0 Å². The van der Waals surface area contributed by atoms with E-state index in [0.717, 1.165) is 100 Å². The Morgan fingerprint density at radius 1 is 0.329 bits per heavy atom. The topological polar surface area (TPSA) is 32.8 Å². The number of furan rings is 2. The third kappa shape index (κ3) is 6.56. The van der Waals surface area contributed by atoms with E-state index in [0.29, 0.717) is 0 Å². The summed E-state index contributed by atoms with van der Waals surface area (Å²) in [5, 5.41) is 12.1. The van der Waals surface area contributed by atoms with Crippen molar-refractivity contribution in [3.63, 3.8) is 0 Å². The molecule has 2 aromatic heterocycles. The fraction of sp³-hybridized carbons (Fsp3) is 0.212. The molecule has 0 saturated heterocycles. The zero-order chi connectivity index (χ0) is 48.6. The highest BCUT2D eigenvalue weighted by Crippen LogP contribution is 2.54. The number of para-hydroxylation sites is 2. The minimum absolute atomic E-state index is 0.239. The van der Waals surface area contributed by atoms with Crippen LogP contribution >= 0.6 is 0 Å². The highest BCUT2D eigenvalue weighted by molar-refractivity contribution is 6.30. The molecule has 10 aromatic carbocycles. The fourth-order valence-electron chi connectivity index (χ4n) is 12.0. The molecule has 0 saturated carbocycles. The number of aryl methyl sites for hydroxylation is 8. The second-order valence-electron chi connectivity index (χ2n) is 21.0. The summed E-state index contributed by atoms with van der Waals surface area (Å²) in [5.74, 6) is 0.477. The first-order chi connectivity index (χ1) is 33.7. The summed E-state index contributed by atoms with van der Waals surface area (Å²) >= 11 is 0. The molecule has 12 aromatic rings. The van der Waals surface area contributed by atoms with E-state index < -0.39 is 0 Å². The largest absolute Gasteiger partial charge is 0.454 e. The van der Waals surface area contributed by atoms with Crippen molar-refractivity contribution in [2.24, 2.45) is 0 Å². The fourth-order valence-corrected chi connectivity index (χ4v) is 12.0. The molecule has 0 fully saturated rings. The van der Waals surface area contributed by atoms with Crippen molar-refractivity contribution in [3.05, 3.63) is 189 Å². The van der Waals surface area contributed by atoms with E-state index in [1.165, 1.54) is 65.7 Å². The Labute approximate surface area is 411 Å². The lowest BCUT2D eigenvalue weighted by molar-refractivity contribution is 0.665. The number of hydrogen-bond donors (Lipinski definition) is 0. The average molecular weight is 913 g/mol. The quantitative estimate of drug-likeness (QED) is 0.142. The van der Waals surface area contributed by atoms with Gasteiger partial charge in [0.1, 0.15) is 11.2 Å². The van der Waals surface area contributed by atoms with Gasteiger partial charge in [-0.2, -0.15) is 0 Å². The molecule has 12 rings (SSSR count). The normalized spacial score (nSPS) is 12.3. The van der Waals surface area contributed by atoms with Crippen LogP contribution in [0.5, 0.6) is 0 Å². The Balaban J connectivity index is 1.24. The Hall–Kier alpha value is -7.56. The van der Waals surface area contributed by atoms with Gasteiger partial charge in [-0.05, 0) is 181 Å². The molecule has 0 bridgehead atoms. The van der Waals surface area contributed by atoms with Gasteiger partial charge < -0.3 is 18.6 Å². The van der Waals surface area contributed by atoms with E-state index in [1.807, 2.05) is 0 Å². The van der Waals surface area contributed by atoms with E-state index >= 15 is 0 Å². The first kappa shape index (κ1) is 43.7. The van der Waals surface area contributed by atoms with Crippen LogP contribution in [-0.2, 0) is 0 Å². The highest BCUT2D eigenvalue weighted by atomic mass is 16.3. The first-order valence-electron chi connectivity index (χ1n) is 25.0. The van der Waals surface area contributed by atoms with Crippen LogP contribution in [0.15, 0.2) is 142 Å². The van der Waals surface area contributed by atoms with Gasteiger partial charge in [-0.15, -0.1) is 0 Å². The SMILES string of the molecule is Cc1cc(C)cc(N(c2cc(C(C)C)c3ccc4c(N(c5cc(C)cc(C)c5)c5c(C)ccc6c5oc5c(C)cccc56)cc(C(C)C)c5ccc2c3c54)c2c(C)ccc3c2oc2c(C)cccc23)c1. The minimum atomic E-state index is 0.239. The molecule has 0 amide bonds. The minimum Gasteiger partial charge on any atom is -0.454 e. The van der Waals surface area contributed by atoms with Crippen molar-refractivity contribution in [1.82, 2.24) is 0 Å². The molecule has 0 N–H and O–H groups in total. The lowest BCUT2D eigenvalue weighted by Gasteiger charge is -2.32. The van der Waals surface area contributed by atoms with Gasteiger partial charge in [0.25, 0.3) is 0 Å². The van der Waals surface area contributed by atoms with E-state index in [1.54, 1.807) is 0 Å². The summed E-state index contributed by atoms with van der Waals surface area (Å²) in [5.41, 5.74) is 22.4. The third-order valence-electron chi connectivity index (χ3n) is 15.1. The molecule has 0 aliphatic rings. The Kier molecular flexibility index (Phi) is 9.99. The van der Waals surface area contributed by atoms with Gasteiger partial charge in [-0.3, -0.25) is 0 Å². The maximum absolute atomic E-state index is 7.08. The zero-order valence-electron chi connectivity index (χ0n) is 42.6. The molecule has 4 nitrogen and oxygen atoms in total. The van der Waals surface area contributed by atoms with Gasteiger partial charge in [0.05, 0.1) is 22.7 Å². The lowest BCUT2D eigenvalue weighted by atomic mass is 9.84. The lowest BCUT2D eigenvalue weighted by Crippen LogP contribution is -2.15. The predicted octanol–water partition coefficient (Wildman–Crippen LogP) is 20.0. The molecule has 4 heteroatoms. The summed E-state index contributed by atoms with van der Waals surface area (Å²) < 4.78 is 14.2. The van der Waals surface area contributed by atoms with Crippen LogP contribution in [-0.4, -0.2) is 0 Å². The summed E-state index contributed by atoms with van der Waals surface area (Å²) in [7, 11) is 0. The summed E-state index contributed by atoms with van der Waals surface area (Å²) in [6.07, 6.45) is 0. The molecule has 0 unspecified atom stereocenters. The Bertz CT molecular complexity index is 3810. The van der Waals surface area contributed by atoms with Crippen molar-refractivity contribution in [1.29, 1.82) is 0 Å². The number of benzene rings is 10. The smallest absolute Gasteiger partial charge is 0.159 e. The second-order valence-corrected chi connectivity index (χ2v) is 21.0. The van der Waals surface area contributed by atoms with Crippen LogP contribution in [0.4, 0.5) is 34.1 Å². The number of nitrogens with zero attached hydrogens (tertiary/aromatic N) is 2. The predicted molar refractivity (Wildman–Crippen MR) is 300 cm³/mol. The van der Waals surface area contributed by atoms with Crippen LogP contribution in [0, 0.1) is 55.4 Å². The standard InChI is InChI=1S/C66H60N2O2/c1-35(2)55-33-57(67(45-29-37(5)27-38(6)30-45)61-41(9)19-21-51-49-17-13-15-43(11)63(49)69-65(51)61)53-26-24-48-56(36(3)4)34-58(54-25-23-47(55)59(53)60(48)54)68(46-31-39(7)28-40(8)32-46)62-42(10)20-22-52-50-18-14-16-44(12)64(50)70-66(52)62/h13-36H,1-12H3. The van der Waals surface area contributed by atoms with E-state index in [4.69, 9.17) is 8.83 Å². The summed E-state index contributed by atoms with van der Waals surface area (Å²) in [6.45, 7) is 27.0. The first-order valence-corrected chi connectivity index (χ1v) is 25.0. The van der Waals surface area contributed by atoms with Crippen molar-refractivity contribution < 1.29 is 8.83 Å². The number of hydrogen-bond acceptors (Lipinski definition) is 4. The molecule has 0 atom stereocenters. The maximum atomic E-state index is 7.08. The van der Waals surface area contributed by atoms with Crippen LogP contribution < -0.4 is 9.80 Å². The Morgan fingerprint density at radius 3 is 1.04 bits per heavy atom. The van der Waals surface area contributed by atoms with Crippen LogP contribution in [0.2, 0.25) is 0 Å².